The molecule has 1 rings (SSSR count). The van der Waals surface area contributed by atoms with Gasteiger partial charge in [0.05, 0.1) is 6.34 Å². The van der Waals surface area contributed by atoms with Crippen molar-refractivity contribution in [2.45, 2.75) is 0 Å². The second-order valence-electron chi connectivity index (χ2n) is 2.59. The minimum atomic E-state index is -0.394. The van der Waals surface area contributed by atoms with E-state index in [4.69, 9.17) is 16.9 Å². The Balaban J connectivity index is 2.65. The normalized spacial score (nSPS) is 10.1. The van der Waals surface area contributed by atoms with Crippen molar-refractivity contribution in [3.05, 3.63) is 23.9 Å². The zero-order valence-electron chi connectivity index (χ0n) is 7.77. The summed E-state index contributed by atoms with van der Waals surface area (Å²) in [6.45, 7) is 0. The average Bonchev–Trinajstić information content (AvgIpc) is 2.17. The van der Waals surface area contributed by atoms with Gasteiger partial charge in [0.2, 0.25) is 5.96 Å². The highest BCUT2D eigenvalue weighted by Gasteiger charge is 2.03. The number of nitrogen functional groups attached to an aromatic ring is 1. The maximum Gasteiger partial charge on any atom is 0.256 e. The molecule has 78 valence electrons. The van der Waals surface area contributed by atoms with Gasteiger partial charge in [0.25, 0.3) is 5.91 Å². The molecule has 0 aliphatic carbocycles. The van der Waals surface area contributed by atoms with Crippen LogP contribution >= 0.6 is 0 Å². The number of pyridine rings is 1. The lowest BCUT2D eigenvalue weighted by atomic mass is 10.2. The number of amides is 1. The van der Waals surface area contributed by atoms with Gasteiger partial charge < -0.3 is 16.8 Å². The fourth-order valence-electron chi connectivity index (χ4n) is 0.833. The lowest BCUT2D eigenvalue weighted by Gasteiger charge is -1.99. The third-order valence-corrected chi connectivity index (χ3v) is 1.44. The highest BCUT2D eigenvalue weighted by Crippen LogP contribution is 2.01. The summed E-state index contributed by atoms with van der Waals surface area (Å²) < 4.78 is 0. The zero-order chi connectivity index (χ0) is 11.3. The molecule has 6 N–H and O–H groups in total. The molecule has 0 atom stereocenters. The van der Waals surface area contributed by atoms with Crippen LogP contribution in [0, 0.1) is 5.41 Å². The van der Waals surface area contributed by atoms with Crippen molar-refractivity contribution in [2.24, 2.45) is 10.7 Å². The Hall–Kier alpha value is -2.44. The fourth-order valence-corrected chi connectivity index (χ4v) is 0.833. The molecule has 0 spiro atoms. The molecular formula is C8H10N6O. The summed E-state index contributed by atoms with van der Waals surface area (Å²) in [5, 5.41) is 9.10. The van der Waals surface area contributed by atoms with Crippen LogP contribution in [0.25, 0.3) is 0 Å². The predicted molar refractivity (Wildman–Crippen MR) is 56.5 cm³/mol. The Morgan fingerprint density at radius 3 is 3.00 bits per heavy atom. The van der Waals surface area contributed by atoms with Crippen LogP contribution in [0.3, 0.4) is 0 Å². The van der Waals surface area contributed by atoms with E-state index in [1.807, 2.05) is 0 Å². The van der Waals surface area contributed by atoms with E-state index in [-0.39, 0.29) is 11.8 Å². The number of aliphatic imine (C=N–C) groups is 1. The van der Waals surface area contributed by atoms with Crippen LogP contribution in [-0.2, 0) is 0 Å². The number of hydrogen-bond donors (Lipinski definition) is 4. The fraction of sp³-hybridized carbons (Fsp3) is 0. The number of nitrogens with two attached hydrogens (primary N) is 2. The first-order valence-electron chi connectivity index (χ1n) is 3.98. The van der Waals surface area contributed by atoms with E-state index in [0.717, 1.165) is 6.34 Å². The first kappa shape index (κ1) is 10.6. The highest BCUT2D eigenvalue weighted by molar-refractivity contribution is 6.02. The van der Waals surface area contributed by atoms with Gasteiger partial charge in [0.15, 0.2) is 0 Å². The van der Waals surface area contributed by atoms with E-state index in [1.165, 1.54) is 18.3 Å². The van der Waals surface area contributed by atoms with E-state index < -0.39 is 5.91 Å². The number of anilines is 1. The maximum atomic E-state index is 11.4. The van der Waals surface area contributed by atoms with Crippen LogP contribution in [0.2, 0.25) is 0 Å². The van der Waals surface area contributed by atoms with Gasteiger partial charge in [-0.05, 0) is 12.1 Å². The number of nitrogens with zero attached hydrogens (tertiary/aromatic N) is 2. The van der Waals surface area contributed by atoms with E-state index >= 15 is 0 Å². The lowest BCUT2D eigenvalue weighted by Crippen LogP contribution is -2.23. The minimum Gasteiger partial charge on any atom is -0.384 e. The van der Waals surface area contributed by atoms with E-state index in [1.54, 1.807) is 0 Å². The average molecular weight is 206 g/mol. The van der Waals surface area contributed by atoms with Crippen LogP contribution in [0.4, 0.5) is 5.82 Å². The number of carbonyl (C=O) groups excluding carboxylic acids is 1. The third kappa shape index (κ3) is 3.43. The molecule has 0 unspecified atom stereocenters. The van der Waals surface area contributed by atoms with Gasteiger partial charge in [-0.2, -0.15) is 0 Å². The van der Waals surface area contributed by atoms with Gasteiger partial charge in [0, 0.05) is 11.8 Å². The Labute approximate surface area is 85.7 Å². The Morgan fingerprint density at radius 1 is 1.67 bits per heavy atom. The van der Waals surface area contributed by atoms with E-state index in [2.05, 4.69) is 15.3 Å². The van der Waals surface area contributed by atoms with Gasteiger partial charge >= 0.3 is 0 Å². The molecular weight excluding hydrogens is 196 g/mol. The van der Waals surface area contributed by atoms with Crippen molar-refractivity contribution in [3.63, 3.8) is 0 Å². The number of rotatable bonds is 2. The summed E-state index contributed by atoms with van der Waals surface area (Å²) in [4.78, 5) is 18.5. The van der Waals surface area contributed by atoms with Crippen molar-refractivity contribution in [2.75, 3.05) is 5.73 Å². The Bertz CT molecular complexity index is 413. The Kier molecular flexibility index (Phi) is 3.33. The number of hydrogen-bond acceptors (Lipinski definition) is 4. The minimum absolute atomic E-state index is 0.256. The quantitative estimate of drug-likeness (QED) is 0.377. The summed E-state index contributed by atoms with van der Waals surface area (Å²) in [5.41, 5.74) is 10.7. The van der Waals surface area contributed by atoms with Crippen LogP contribution in [0.15, 0.2) is 23.3 Å². The number of aromatic nitrogens is 1. The summed E-state index contributed by atoms with van der Waals surface area (Å²) >= 11 is 0. The van der Waals surface area contributed by atoms with Crippen molar-refractivity contribution in [3.8, 4) is 0 Å². The molecule has 0 saturated carbocycles. The molecule has 0 saturated heterocycles. The molecule has 0 fully saturated rings. The van der Waals surface area contributed by atoms with Crippen molar-refractivity contribution in [1.82, 2.24) is 10.3 Å². The first-order valence-corrected chi connectivity index (χ1v) is 3.98. The molecule has 1 aromatic heterocycles. The monoisotopic (exact) mass is 206 g/mol. The SMILES string of the molecule is N=C(N)N=CNC(=O)c1ccnc(N)c1. The molecule has 0 bridgehead atoms. The molecule has 0 aliphatic heterocycles. The smallest absolute Gasteiger partial charge is 0.256 e. The van der Waals surface area contributed by atoms with Crippen LogP contribution in [0.1, 0.15) is 10.4 Å². The molecule has 0 aliphatic rings. The summed E-state index contributed by atoms with van der Waals surface area (Å²) in [6, 6.07) is 2.93. The van der Waals surface area contributed by atoms with Gasteiger partial charge in [-0.3, -0.25) is 10.2 Å². The second-order valence-corrected chi connectivity index (χ2v) is 2.59. The first-order chi connectivity index (χ1) is 7.09. The topological polar surface area (TPSA) is 130 Å². The molecule has 0 aromatic carbocycles. The number of carbonyl (C=O) groups is 1. The molecule has 0 radical (unpaired) electrons. The van der Waals surface area contributed by atoms with Crippen LogP contribution in [-0.4, -0.2) is 23.2 Å². The van der Waals surface area contributed by atoms with Crippen LogP contribution in [0.5, 0.6) is 0 Å². The van der Waals surface area contributed by atoms with Gasteiger partial charge in [0.1, 0.15) is 5.82 Å². The largest absolute Gasteiger partial charge is 0.384 e. The maximum absolute atomic E-state index is 11.4. The van der Waals surface area contributed by atoms with E-state index in [9.17, 15) is 4.79 Å². The zero-order valence-corrected chi connectivity index (χ0v) is 7.77. The summed E-state index contributed by atoms with van der Waals surface area (Å²) in [7, 11) is 0. The summed E-state index contributed by atoms with van der Waals surface area (Å²) in [5.74, 6) is -0.523. The lowest BCUT2D eigenvalue weighted by molar-refractivity contribution is 0.0978. The van der Waals surface area contributed by atoms with Gasteiger partial charge in [-0.15, -0.1) is 0 Å². The Morgan fingerprint density at radius 2 is 2.40 bits per heavy atom. The number of guanidine groups is 1. The standard InChI is InChI=1S/C8H10N6O/c9-6-3-5(1-2-12-6)7(15)13-4-14-8(10)11/h1-4H,(H2,9,12)(H4,10,11,13,14,15). The van der Waals surface area contributed by atoms with Crippen molar-refractivity contribution >= 4 is 24.0 Å². The molecule has 15 heavy (non-hydrogen) atoms. The third-order valence-electron chi connectivity index (χ3n) is 1.44. The second kappa shape index (κ2) is 4.70. The molecule has 7 nitrogen and oxygen atoms in total. The van der Waals surface area contributed by atoms with E-state index in [0.29, 0.717) is 5.56 Å². The van der Waals surface area contributed by atoms with Crippen molar-refractivity contribution < 1.29 is 4.79 Å². The van der Waals surface area contributed by atoms with Gasteiger partial charge in [-0.1, -0.05) is 0 Å². The molecule has 1 aromatic rings. The van der Waals surface area contributed by atoms with Crippen LogP contribution < -0.4 is 16.8 Å². The molecule has 1 amide bonds. The van der Waals surface area contributed by atoms with Gasteiger partial charge in [-0.25, -0.2) is 9.98 Å². The molecule has 1 heterocycles. The molecule has 7 heteroatoms. The predicted octanol–water partition coefficient (Wildman–Crippen LogP) is -0.685. The number of nitrogens with one attached hydrogen (secondary N) is 2. The highest BCUT2D eigenvalue weighted by atomic mass is 16.1. The van der Waals surface area contributed by atoms with Crippen molar-refractivity contribution in [1.29, 1.82) is 5.41 Å². The summed E-state index contributed by atoms with van der Waals surface area (Å²) in [6.07, 6.45) is 2.47.